The Balaban J connectivity index is 1.74. The highest BCUT2D eigenvalue weighted by atomic mass is 16.5. The molecule has 0 saturated heterocycles. The first-order chi connectivity index (χ1) is 12.9. The van der Waals surface area contributed by atoms with E-state index in [1.54, 1.807) is 0 Å². The summed E-state index contributed by atoms with van der Waals surface area (Å²) < 4.78 is 11.2. The predicted octanol–water partition coefficient (Wildman–Crippen LogP) is 0.286. The van der Waals surface area contributed by atoms with Crippen molar-refractivity contribution in [1.82, 2.24) is 30.2 Å². The molecule has 142 valence electrons. The molecule has 11 nitrogen and oxygen atoms in total. The van der Waals surface area contributed by atoms with Crippen LogP contribution < -0.4 is 10.9 Å². The van der Waals surface area contributed by atoms with Gasteiger partial charge in [0, 0.05) is 18.3 Å². The van der Waals surface area contributed by atoms with Gasteiger partial charge in [0.25, 0.3) is 5.56 Å². The van der Waals surface area contributed by atoms with E-state index < -0.39 is 11.5 Å². The van der Waals surface area contributed by atoms with Crippen molar-refractivity contribution >= 4 is 11.9 Å². The zero-order chi connectivity index (χ0) is 19.6. The Morgan fingerprint density at radius 2 is 2.15 bits per heavy atom. The standard InChI is InChI=1S/C16H18N6O5/c1-8(2)14-18-12(27-21-14)4-17-11(23)7-22-5-9-13(19-20-15(9)24)10(6-22)16(25)26-3/h5-6,8H,4,7H2,1-3H3,(H,17,23)(H,20,24). The number of hydrogen-bond acceptors (Lipinski definition) is 8. The molecule has 0 spiro atoms. The van der Waals surface area contributed by atoms with Crippen molar-refractivity contribution in [3.8, 4) is 11.3 Å². The van der Waals surface area contributed by atoms with Crippen molar-refractivity contribution in [2.45, 2.75) is 32.9 Å². The van der Waals surface area contributed by atoms with Crippen LogP contribution in [-0.2, 0) is 22.6 Å². The van der Waals surface area contributed by atoms with Crippen molar-refractivity contribution in [2.24, 2.45) is 0 Å². The van der Waals surface area contributed by atoms with Crippen LogP contribution in [0.15, 0.2) is 21.7 Å². The molecule has 1 aromatic rings. The maximum absolute atomic E-state index is 12.2. The van der Waals surface area contributed by atoms with Gasteiger partial charge in [-0.25, -0.2) is 9.89 Å². The highest BCUT2D eigenvalue weighted by Crippen LogP contribution is 2.20. The van der Waals surface area contributed by atoms with E-state index >= 15 is 0 Å². The number of rotatable bonds is 6. The average Bonchev–Trinajstić information content (AvgIpc) is 3.26. The molecular formula is C16H18N6O5. The number of nitrogens with zero attached hydrogens (tertiary/aromatic N) is 4. The van der Waals surface area contributed by atoms with Gasteiger partial charge >= 0.3 is 5.97 Å². The van der Waals surface area contributed by atoms with E-state index in [0.29, 0.717) is 11.7 Å². The monoisotopic (exact) mass is 374 g/mol. The summed E-state index contributed by atoms with van der Waals surface area (Å²) in [4.78, 5) is 40.1. The lowest BCUT2D eigenvalue weighted by Crippen LogP contribution is -2.28. The number of nitrogens with one attached hydrogen (secondary N) is 2. The van der Waals surface area contributed by atoms with E-state index in [-0.39, 0.29) is 41.7 Å². The topological polar surface area (TPSA) is 145 Å². The summed E-state index contributed by atoms with van der Waals surface area (Å²) in [6.45, 7) is 3.80. The van der Waals surface area contributed by atoms with Crippen molar-refractivity contribution in [1.29, 1.82) is 0 Å². The van der Waals surface area contributed by atoms with Crippen molar-refractivity contribution in [3.63, 3.8) is 0 Å². The fourth-order valence-corrected chi connectivity index (χ4v) is 2.41. The van der Waals surface area contributed by atoms with Gasteiger partial charge in [0.2, 0.25) is 11.8 Å². The number of amides is 1. The number of hydrogen-bond donors (Lipinski definition) is 2. The van der Waals surface area contributed by atoms with E-state index in [2.05, 4.69) is 25.7 Å². The largest absolute Gasteiger partial charge is 0.465 e. The summed E-state index contributed by atoms with van der Waals surface area (Å²) in [5.74, 6) is -0.0543. The van der Waals surface area contributed by atoms with Crippen LogP contribution in [0, 0.1) is 0 Å². The Morgan fingerprint density at radius 1 is 1.37 bits per heavy atom. The third kappa shape index (κ3) is 3.86. The van der Waals surface area contributed by atoms with Crippen molar-refractivity contribution in [2.75, 3.05) is 7.11 Å². The molecule has 27 heavy (non-hydrogen) atoms. The molecule has 2 N–H and O–H groups in total. The third-order valence-electron chi connectivity index (χ3n) is 3.78. The van der Waals surface area contributed by atoms with E-state index in [9.17, 15) is 14.4 Å². The molecule has 0 atom stereocenters. The number of fused-ring (bicyclic) bond motifs is 1. The number of esters is 1. The van der Waals surface area contributed by atoms with Gasteiger partial charge in [-0.1, -0.05) is 19.0 Å². The molecule has 1 amide bonds. The number of aromatic nitrogens is 5. The molecule has 0 radical (unpaired) electrons. The molecule has 3 heterocycles. The first kappa shape index (κ1) is 18.3. The van der Waals surface area contributed by atoms with Gasteiger partial charge < -0.3 is 19.1 Å². The Kier molecular flexibility index (Phi) is 5.01. The molecule has 3 rings (SSSR count). The average molecular weight is 374 g/mol. The quantitative estimate of drug-likeness (QED) is 0.585. The van der Waals surface area contributed by atoms with E-state index in [4.69, 9.17) is 9.26 Å². The number of carbonyl (C=O) groups is 2. The lowest BCUT2D eigenvalue weighted by atomic mass is 10.1. The van der Waals surface area contributed by atoms with Gasteiger partial charge in [0.15, 0.2) is 5.82 Å². The van der Waals surface area contributed by atoms with E-state index in [1.165, 1.54) is 24.1 Å². The number of carbonyl (C=O) groups excluding carboxylic acids is 2. The molecule has 0 unspecified atom stereocenters. The third-order valence-corrected chi connectivity index (χ3v) is 3.78. The van der Waals surface area contributed by atoms with Crippen LogP contribution in [0.1, 0.15) is 41.8 Å². The number of pyridine rings is 1. The first-order valence-electron chi connectivity index (χ1n) is 8.14. The number of ether oxygens (including phenoxy) is 1. The number of aromatic amines is 1. The summed E-state index contributed by atoms with van der Waals surface area (Å²) in [6.07, 6.45) is 2.84. The van der Waals surface area contributed by atoms with E-state index in [0.717, 1.165) is 0 Å². The fraction of sp³-hybridized carbons (Fsp3) is 0.375. The molecular weight excluding hydrogens is 356 g/mol. The van der Waals surface area contributed by atoms with Crippen LogP contribution in [0.2, 0.25) is 0 Å². The van der Waals surface area contributed by atoms with Gasteiger partial charge in [-0.15, -0.1) is 0 Å². The second-order valence-corrected chi connectivity index (χ2v) is 6.13. The fourth-order valence-electron chi connectivity index (χ4n) is 2.41. The minimum absolute atomic E-state index is 0.0731. The minimum atomic E-state index is -0.659. The lowest BCUT2D eigenvalue weighted by Gasteiger charge is -2.11. The molecule has 0 aromatic carbocycles. The Labute approximate surface area is 153 Å². The van der Waals surface area contributed by atoms with Gasteiger partial charge in [-0.05, 0) is 0 Å². The van der Waals surface area contributed by atoms with Crippen LogP contribution >= 0.6 is 0 Å². The molecule has 2 aliphatic rings. The van der Waals surface area contributed by atoms with Crippen LogP contribution in [0.4, 0.5) is 0 Å². The van der Waals surface area contributed by atoms with Gasteiger partial charge in [0.05, 0.1) is 19.2 Å². The summed E-state index contributed by atoms with van der Waals surface area (Å²) in [5.41, 5.74) is -0.00336. The molecule has 2 aliphatic heterocycles. The highest BCUT2D eigenvalue weighted by molar-refractivity contribution is 5.96. The van der Waals surface area contributed by atoms with Crippen LogP contribution in [0.3, 0.4) is 0 Å². The van der Waals surface area contributed by atoms with Crippen LogP contribution in [-0.4, -0.2) is 43.9 Å². The summed E-state index contributed by atoms with van der Waals surface area (Å²) in [5, 5.41) is 12.6. The summed E-state index contributed by atoms with van der Waals surface area (Å²) in [6, 6.07) is 0. The van der Waals surface area contributed by atoms with Gasteiger partial charge in [-0.3, -0.25) is 9.59 Å². The molecule has 0 aliphatic carbocycles. The maximum atomic E-state index is 12.2. The molecule has 0 fully saturated rings. The molecule has 0 saturated carbocycles. The predicted molar refractivity (Wildman–Crippen MR) is 91.0 cm³/mol. The van der Waals surface area contributed by atoms with Crippen LogP contribution in [0.5, 0.6) is 0 Å². The Morgan fingerprint density at radius 3 is 2.81 bits per heavy atom. The number of methoxy groups -OCH3 is 1. The van der Waals surface area contributed by atoms with Gasteiger partial charge in [0.1, 0.15) is 17.8 Å². The first-order valence-corrected chi connectivity index (χ1v) is 8.14. The Hall–Kier alpha value is -3.50. The minimum Gasteiger partial charge on any atom is -0.465 e. The molecule has 11 heteroatoms. The Bertz CT molecular complexity index is 1000. The summed E-state index contributed by atoms with van der Waals surface area (Å²) in [7, 11) is 1.22. The SMILES string of the molecule is COC(=O)c1cn(CC(=O)NCc2nc(C(C)C)no2)cc2c(=O)[nH]nc1-2. The second kappa shape index (κ2) is 7.40. The van der Waals surface area contributed by atoms with Crippen molar-refractivity contribution in [3.05, 3.63) is 40.0 Å². The normalized spacial score (nSPS) is 11.1. The lowest BCUT2D eigenvalue weighted by molar-refractivity contribution is -0.121. The second-order valence-electron chi connectivity index (χ2n) is 6.13. The highest BCUT2D eigenvalue weighted by Gasteiger charge is 2.22. The summed E-state index contributed by atoms with van der Waals surface area (Å²) >= 11 is 0. The van der Waals surface area contributed by atoms with E-state index in [1.807, 2.05) is 13.8 Å². The molecule has 1 aromatic heterocycles. The zero-order valence-electron chi connectivity index (χ0n) is 15.0. The maximum Gasteiger partial charge on any atom is 0.341 e. The number of H-pyrrole nitrogens is 1. The van der Waals surface area contributed by atoms with Crippen LogP contribution in [0.25, 0.3) is 11.3 Å². The molecule has 0 bridgehead atoms. The van der Waals surface area contributed by atoms with Gasteiger partial charge in [-0.2, -0.15) is 10.1 Å². The van der Waals surface area contributed by atoms with Crippen molar-refractivity contribution < 1.29 is 18.8 Å². The zero-order valence-corrected chi connectivity index (χ0v) is 15.0. The smallest absolute Gasteiger partial charge is 0.341 e.